The Kier molecular flexibility index (Phi) is 1.74. The van der Waals surface area contributed by atoms with Gasteiger partial charge in [0.15, 0.2) is 0 Å². The molecule has 0 radical (unpaired) electrons. The van der Waals surface area contributed by atoms with Gasteiger partial charge in [-0.25, -0.2) is 3.11 Å². The van der Waals surface area contributed by atoms with Crippen LogP contribution < -0.4 is 0 Å². The van der Waals surface area contributed by atoms with E-state index in [0.29, 0.717) is 6.42 Å². The summed E-state index contributed by atoms with van der Waals surface area (Å²) in [6.45, 7) is 1.76. The first kappa shape index (κ1) is 6.98. The van der Waals surface area contributed by atoms with Crippen molar-refractivity contribution < 1.29 is 9.59 Å². The van der Waals surface area contributed by atoms with Gasteiger partial charge in [-0.15, -0.1) is 0 Å². The number of carbonyl (C=O) groups excluding carboxylic acids is 2. The van der Waals surface area contributed by atoms with E-state index in [2.05, 4.69) is 0 Å². The third kappa shape index (κ3) is 1.08. The van der Waals surface area contributed by atoms with E-state index in [1.54, 1.807) is 29.8 Å². The highest BCUT2D eigenvalue weighted by atomic mass is 127. The molecule has 0 N–H and O–H groups in total. The molecule has 1 heterocycles. The fraction of sp³-hybridized carbons (Fsp3) is 0.600. The molecule has 2 amide bonds. The molecule has 0 aliphatic carbocycles. The Bertz CT molecular complexity index is 168. The van der Waals surface area contributed by atoms with Crippen molar-refractivity contribution >= 4 is 34.7 Å². The molecule has 0 bridgehead atoms. The standard InChI is InChI=1S/C5H6INO2/c1-3-2-4(8)7(6)5(3)9/h3H,2H2,1H3. The van der Waals surface area contributed by atoms with E-state index in [-0.39, 0.29) is 17.7 Å². The Balaban J connectivity index is 2.77. The smallest absolute Gasteiger partial charge is 0.241 e. The Morgan fingerprint density at radius 1 is 1.67 bits per heavy atom. The molecule has 0 spiro atoms. The first-order chi connectivity index (χ1) is 4.13. The van der Waals surface area contributed by atoms with Crippen LogP contribution >= 0.6 is 22.9 Å². The Morgan fingerprint density at radius 3 is 2.33 bits per heavy atom. The zero-order valence-electron chi connectivity index (χ0n) is 4.93. The van der Waals surface area contributed by atoms with Gasteiger partial charge in [-0.3, -0.25) is 9.59 Å². The van der Waals surface area contributed by atoms with Crippen molar-refractivity contribution in [3.8, 4) is 0 Å². The Morgan fingerprint density at radius 2 is 2.22 bits per heavy atom. The van der Waals surface area contributed by atoms with Crippen molar-refractivity contribution in [1.82, 2.24) is 3.11 Å². The third-order valence-corrected chi connectivity index (χ3v) is 2.33. The first-order valence-electron chi connectivity index (χ1n) is 2.65. The summed E-state index contributed by atoms with van der Waals surface area (Å²) >= 11 is 1.73. The predicted octanol–water partition coefficient (Wildman–Crippen LogP) is 0.731. The summed E-state index contributed by atoms with van der Waals surface area (Å²) in [7, 11) is 0. The topological polar surface area (TPSA) is 37.4 Å². The number of amides is 2. The number of hydrogen-bond acceptors (Lipinski definition) is 2. The molecule has 1 atom stereocenters. The second kappa shape index (κ2) is 2.24. The van der Waals surface area contributed by atoms with Gasteiger partial charge in [-0.05, 0) is 0 Å². The molecule has 1 aliphatic rings. The average molecular weight is 239 g/mol. The van der Waals surface area contributed by atoms with E-state index < -0.39 is 0 Å². The number of rotatable bonds is 0. The van der Waals surface area contributed by atoms with E-state index in [1.165, 1.54) is 0 Å². The fourth-order valence-corrected chi connectivity index (χ4v) is 1.42. The van der Waals surface area contributed by atoms with Gasteiger partial charge in [0.1, 0.15) is 0 Å². The van der Waals surface area contributed by atoms with E-state index in [9.17, 15) is 9.59 Å². The molecule has 4 heteroatoms. The van der Waals surface area contributed by atoms with Crippen LogP contribution in [0.15, 0.2) is 0 Å². The minimum Gasteiger partial charge on any atom is -0.274 e. The van der Waals surface area contributed by atoms with Gasteiger partial charge in [0.25, 0.3) is 0 Å². The van der Waals surface area contributed by atoms with Crippen molar-refractivity contribution in [3.05, 3.63) is 0 Å². The van der Waals surface area contributed by atoms with Gasteiger partial charge in [0, 0.05) is 12.3 Å². The molecule has 1 unspecified atom stereocenters. The summed E-state index contributed by atoms with van der Waals surface area (Å²) < 4.78 is 1.16. The van der Waals surface area contributed by atoms with Crippen LogP contribution in [0.1, 0.15) is 13.3 Å². The van der Waals surface area contributed by atoms with Crippen LogP contribution in [-0.2, 0) is 9.59 Å². The molecule has 0 aromatic carbocycles. The van der Waals surface area contributed by atoms with Crippen molar-refractivity contribution in [2.24, 2.45) is 5.92 Å². The average Bonchev–Trinajstić information content (AvgIpc) is 1.98. The molecule has 1 saturated heterocycles. The van der Waals surface area contributed by atoms with Crippen LogP contribution in [0.4, 0.5) is 0 Å². The summed E-state index contributed by atoms with van der Waals surface area (Å²) in [4.78, 5) is 21.5. The zero-order chi connectivity index (χ0) is 7.02. The van der Waals surface area contributed by atoms with Crippen LogP contribution in [-0.4, -0.2) is 14.9 Å². The molecule has 0 aromatic heterocycles. The number of carbonyl (C=O) groups is 2. The lowest BCUT2D eigenvalue weighted by Gasteiger charge is -1.99. The van der Waals surface area contributed by atoms with Crippen LogP contribution in [0, 0.1) is 5.92 Å². The van der Waals surface area contributed by atoms with Crippen molar-refractivity contribution in [3.63, 3.8) is 0 Å². The lowest BCUT2D eigenvalue weighted by Crippen LogP contribution is -2.18. The van der Waals surface area contributed by atoms with Crippen LogP contribution in [0.2, 0.25) is 0 Å². The Labute approximate surface area is 66.9 Å². The normalized spacial score (nSPS) is 27.8. The number of nitrogens with zero attached hydrogens (tertiary/aromatic N) is 1. The maximum atomic E-state index is 10.8. The summed E-state index contributed by atoms with van der Waals surface area (Å²) in [5.41, 5.74) is 0. The predicted molar refractivity (Wildman–Crippen MR) is 39.7 cm³/mol. The number of hydrogen-bond donors (Lipinski definition) is 0. The van der Waals surface area contributed by atoms with Crippen LogP contribution in [0.25, 0.3) is 0 Å². The van der Waals surface area contributed by atoms with E-state index >= 15 is 0 Å². The Hall–Kier alpha value is -0.130. The molecule has 3 nitrogen and oxygen atoms in total. The highest BCUT2D eigenvalue weighted by molar-refractivity contribution is 14.1. The second-order valence-corrected chi connectivity index (χ2v) is 3.08. The summed E-state index contributed by atoms with van der Waals surface area (Å²) in [5, 5.41) is 0. The fourth-order valence-electron chi connectivity index (χ4n) is 0.746. The lowest BCUT2D eigenvalue weighted by atomic mass is 10.1. The second-order valence-electron chi connectivity index (χ2n) is 2.12. The largest absolute Gasteiger partial charge is 0.274 e. The molecule has 0 saturated carbocycles. The SMILES string of the molecule is CC1CC(=O)N(I)C1=O. The monoisotopic (exact) mass is 239 g/mol. The molecular weight excluding hydrogens is 233 g/mol. The highest BCUT2D eigenvalue weighted by Crippen LogP contribution is 2.21. The van der Waals surface area contributed by atoms with Gasteiger partial charge in [-0.2, -0.15) is 0 Å². The van der Waals surface area contributed by atoms with Crippen molar-refractivity contribution in [2.45, 2.75) is 13.3 Å². The van der Waals surface area contributed by atoms with Crippen molar-refractivity contribution in [2.75, 3.05) is 0 Å². The van der Waals surface area contributed by atoms with E-state index in [4.69, 9.17) is 0 Å². The molecule has 0 aromatic rings. The molecule has 50 valence electrons. The van der Waals surface area contributed by atoms with Crippen LogP contribution in [0.5, 0.6) is 0 Å². The van der Waals surface area contributed by atoms with Gasteiger partial charge in [-0.1, -0.05) is 6.92 Å². The van der Waals surface area contributed by atoms with E-state index in [0.717, 1.165) is 3.11 Å². The maximum Gasteiger partial charge on any atom is 0.241 e. The first-order valence-corrected chi connectivity index (χ1v) is 3.62. The third-order valence-electron chi connectivity index (χ3n) is 1.31. The highest BCUT2D eigenvalue weighted by Gasteiger charge is 2.33. The summed E-state index contributed by atoms with van der Waals surface area (Å²) in [5.74, 6) is -0.247. The number of halogens is 1. The quantitative estimate of drug-likeness (QED) is 0.355. The van der Waals surface area contributed by atoms with Gasteiger partial charge < -0.3 is 0 Å². The maximum absolute atomic E-state index is 10.8. The summed E-state index contributed by atoms with van der Waals surface area (Å²) in [6, 6.07) is 0. The molecule has 1 rings (SSSR count). The zero-order valence-corrected chi connectivity index (χ0v) is 7.08. The molecule has 1 aliphatic heterocycles. The number of imide groups is 1. The molecular formula is C5H6INO2. The van der Waals surface area contributed by atoms with E-state index in [1.807, 2.05) is 0 Å². The van der Waals surface area contributed by atoms with Gasteiger partial charge in [0.2, 0.25) is 11.8 Å². The van der Waals surface area contributed by atoms with Crippen LogP contribution in [0.3, 0.4) is 0 Å². The molecule has 1 fully saturated rings. The van der Waals surface area contributed by atoms with Crippen molar-refractivity contribution in [1.29, 1.82) is 0 Å². The lowest BCUT2D eigenvalue weighted by molar-refractivity contribution is -0.131. The van der Waals surface area contributed by atoms with Gasteiger partial charge >= 0.3 is 0 Å². The molecule has 9 heavy (non-hydrogen) atoms. The summed E-state index contributed by atoms with van der Waals surface area (Å²) in [6.07, 6.45) is 0.377. The van der Waals surface area contributed by atoms with Gasteiger partial charge in [0.05, 0.1) is 22.9 Å². The minimum absolute atomic E-state index is 0.0689. The minimum atomic E-state index is -0.102.